The van der Waals surface area contributed by atoms with Gasteiger partial charge in [0, 0.05) is 36.9 Å². The Bertz CT molecular complexity index is 398. The number of hydrogen-bond donors (Lipinski definition) is 1. The fraction of sp³-hybridized carbons (Fsp3) is 0.286. The summed E-state index contributed by atoms with van der Waals surface area (Å²) < 4.78 is 0. The number of rotatable bonds is 4. The molecular weight excluding hydrogens is 210 g/mol. The molecule has 3 nitrogen and oxygen atoms in total. The standard InChI is InChI=1S/C14H17N3/c1-11(13-5-8-15-9-6-13)17-12(2)14-4-3-7-16-10-14/h3-12,17H,1-2H3/t11-,12?/m1/s1. The van der Waals surface area contributed by atoms with Gasteiger partial charge in [-0.25, -0.2) is 0 Å². The van der Waals surface area contributed by atoms with Crippen molar-refractivity contribution < 1.29 is 0 Å². The third-order valence-corrected chi connectivity index (χ3v) is 2.89. The van der Waals surface area contributed by atoms with Gasteiger partial charge in [0.1, 0.15) is 0 Å². The summed E-state index contributed by atoms with van der Waals surface area (Å²) in [6, 6.07) is 8.70. The topological polar surface area (TPSA) is 37.8 Å². The summed E-state index contributed by atoms with van der Waals surface area (Å²) >= 11 is 0. The zero-order valence-electron chi connectivity index (χ0n) is 10.2. The molecule has 17 heavy (non-hydrogen) atoms. The molecule has 0 saturated carbocycles. The Morgan fingerprint density at radius 1 is 0.882 bits per heavy atom. The average Bonchev–Trinajstić information content (AvgIpc) is 2.40. The van der Waals surface area contributed by atoms with Crippen LogP contribution in [0, 0.1) is 0 Å². The predicted molar refractivity (Wildman–Crippen MR) is 68.4 cm³/mol. The predicted octanol–water partition coefficient (Wildman–Crippen LogP) is 2.89. The summed E-state index contributed by atoms with van der Waals surface area (Å²) in [7, 11) is 0. The number of nitrogens with one attached hydrogen (secondary N) is 1. The van der Waals surface area contributed by atoms with Gasteiger partial charge < -0.3 is 5.32 Å². The van der Waals surface area contributed by atoms with Crippen LogP contribution < -0.4 is 5.32 Å². The average molecular weight is 227 g/mol. The van der Waals surface area contributed by atoms with Crippen LogP contribution in [0.3, 0.4) is 0 Å². The van der Waals surface area contributed by atoms with E-state index >= 15 is 0 Å². The molecule has 0 bridgehead atoms. The summed E-state index contributed by atoms with van der Waals surface area (Å²) in [4.78, 5) is 8.16. The van der Waals surface area contributed by atoms with Crippen molar-refractivity contribution in [2.75, 3.05) is 0 Å². The van der Waals surface area contributed by atoms with Crippen molar-refractivity contribution >= 4 is 0 Å². The van der Waals surface area contributed by atoms with E-state index in [4.69, 9.17) is 0 Å². The molecule has 1 unspecified atom stereocenters. The third kappa shape index (κ3) is 3.11. The fourth-order valence-electron chi connectivity index (χ4n) is 1.85. The molecule has 2 aromatic rings. The van der Waals surface area contributed by atoms with Gasteiger partial charge in [-0.1, -0.05) is 6.07 Å². The molecule has 0 saturated heterocycles. The van der Waals surface area contributed by atoms with E-state index in [1.54, 1.807) is 6.20 Å². The van der Waals surface area contributed by atoms with Gasteiger partial charge in [-0.05, 0) is 43.2 Å². The third-order valence-electron chi connectivity index (χ3n) is 2.89. The monoisotopic (exact) mass is 227 g/mol. The van der Waals surface area contributed by atoms with E-state index in [0.717, 1.165) is 0 Å². The Labute approximate surface area is 102 Å². The van der Waals surface area contributed by atoms with E-state index in [9.17, 15) is 0 Å². The van der Waals surface area contributed by atoms with Gasteiger partial charge in [-0.3, -0.25) is 9.97 Å². The molecule has 2 atom stereocenters. The first kappa shape index (κ1) is 11.7. The lowest BCUT2D eigenvalue weighted by atomic mass is 10.1. The van der Waals surface area contributed by atoms with Crippen LogP contribution >= 0.6 is 0 Å². The maximum atomic E-state index is 4.14. The lowest BCUT2D eigenvalue weighted by molar-refractivity contribution is 0.493. The first-order valence-corrected chi connectivity index (χ1v) is 5.83. The molecule has 0 spiro atoms. The zero-order chi connectivity index (χ0) is 12.1. The summed E-state index contributed by atoms with van der Waals surface area (Å²) in [5.74, 6) is 0. The molecule has 0 amide bonds. The Hall–Kier alpha value is -1.74. The van der Waals surface area contributed by atoms with Crippen molar-refractivity contribution in [3.05, 3.63) is 60.2 Å². The van der Waals surface area contributed by atoms with Crippen LogP contribution in [0.4, 0.5) is 0 Å². The van der Waals surface area contributed by atoms with Crippen molar-refractivity contribution in [2.45, 2.75) is 25.9 Å². The zero-order valence-corrected chi connectivity index (χ0v) is 10.2. The van der Waals surface area contributed by atoms with Crippen LogP contribution in [0.2, 0.25) is 0 Å². The second-order valence-electron chi connectivity index (χ2n) is 4.18. The van der Waals surface area contributed by atoms with Gasteiger partial charge in [0.25, 0.3) is 0 Å². The lowest BCUT2D eigenvalue weighted by Crippen LogP contribution is -2.22. The SMILES string of the molecule is CC(N[C@H](C)c1ccncc1)c1cccnc1. The molecule has 0 fully saturated rings. The molecule has 2 rings (SSSR count). The highest BCUT2D eigenvalue weighted by atomic mass is 14.9. The summed E-state index contributed by atoms with van der Waals surface area (Å²) in [5.41, 5.74) is 2.45. The summed E-state index contributed by atoms with van der Waals surface area (Å²) in [6.45, 7) is 4.30. The van der Waals surface area contributed by atoms with Gasteiger partial charge in [0.15, 0.2) is 0 Å². The van der Waals surface area contributed by atoms with Crippen molar-refractivity contribution in [3.8, 4) is 0 Å². The van der Waals surface area contributed by atoms with Crippen molar-refractivity contribution in [1.82, 2.24) is 15.3 Å². The van der Waals surface area contributed by atoms with Crippen molar-refractivity contribution in [1.29, 1.82) is 0 Å². The van der Waals surface area contributed by atoms with Gasteiger partial charge in [0.2, 0.25) is 0 Å². The Kier molecular flexibility index (Phi) is 3.83. The van der Waals surface area contributed by atoms with Gasteiger partial charge in [-0.2, -0.15) is 0 Å². The molecule has 2 heterocycles. The largest absolute Gasteiger partial charge is 0.304 e. The summed E-state index contributed by atoms with van der Waals surface area (Å²) in [6.07, 6.45) is 7.34. The van der Waals surface area contributed by atoms with E-state index in [2.05, 4.69) is 35.2 Å². The molecule has 0 aliphatic rings. The second kappa shape index (κ2) is 5.55. The Morgan fingerprint density at radius 3 is 2.24 bits per heavy atom. The lowest BCUT2D eigenvalue weighted by Gasteiger charge is -2.20. The molecule has 3 heteroatoms. The second-order valence-corrected chi connectivity index (χ2v) is 4.18. The number of pyridine rings is 2. The normalized spacial score (nSPS) is 14.2. The molecule has 88 valence electrons. The van der Waals surface area contributed by atoms with Gasteiger partial charge in [-0.15, -0.1) is 0 Å². The minimum absolute atomic E-state index is 0.284. The van der Waals surface area contributed by atoms with Crippen LogP contribution in [0.15, 0.2) is 49.1 Å². The van der Waals surface area contributed by atoms with Crippen LogP contribution in [0.1, 0.15) is 37.1 Å². The van der Waals surface area contributed by atoms with Crippen LogP contribution in [-0.2, 0) is 0 Å². The maximum Gasteiger partial charge on any atom is 0.0315 e. The van der Waals surface area contributed by atoms with Crippen molar-refractivity contribution in [3.63, 3.8) is 0 Å². The molecule has 0 radical (unpaired) electrons. The van der Waals surface area contributed by atoms with E-state index in [1.807, 2.05) is 36.8 Å². The summed E-state index contributed by atoms with van der Waals surface area (Å²) in [5, 5.41) is 3.54. The van der Waals surface area contributed by atoms with E-state index in [0.29, 0.717) is 6.04 Å². The highest BCUT2D eigenvalue weighted by Crippen LogP contribution is 2.17. The van der Waals surface area contributed by atoms with Crippen molar-refractivity contribution in [2.24, 2.45) is 0 Å². The van der Waals surface area contributed by atoms with E-state index < -0.39 is 0 Å². The molecule has 1 N–H and O–H groups in total. The van der Waals surface area contributed by atoms with Gasteiger partial charge >= 0.3 is 0 Å². The first-order chi connectivity index (χ1) is 8.27. The Morgan fingerprint density at radius 2 is 1.59 bits per heavy atom. The van der Waals surface area contributed by atoms with Gasteiger partial charge in [0.05, 0.1) is 0 Å². The fourth-order valence-corrected chi connectivity index (χ4v) is 1.85. The number of nitrogens with zero attached hydrogens (tertiary/aromatic N) is 2. The number of hydrogen-bond acceptors (Lipinski definition) is 3. The number of aromatic nitrogens is 2. The van der Waals surface area contributed by atoms with Crippen LogP contribution in [-0.4, -0.2) is 9.97 Å². The van der Waals surface area contributed by atoms with E-state index in [1.165, 1.54) is 11.1 Å². The van der Waals surface area contributed by atoms with Crippen LogP contribution in [0.25, 0.3) is 0 Å². The van der Waals surface area contributed by atoms with E-state index in [-0.39, 0.29) is 6.04 Å². The molecule has 0 aliphatic heterocycles. The minimum Gasteiger partial charge on any atom is -0.304 e. The first-order valence-electron chi connectivity index (χ1n) is 5.83. The molecule has 0 aromatic carbocycles. The smallest absolute Gasteiger partial charge is 0.0315 e. The highest BCUT2D eigenvalue weighted by Gasteiger charge is 2.10. The maximum absolute atomic E-state index is 4.14. The molecule has 0 aliphatic carbocycles. The van der Waals surface area contributed by atoms with Crippen LogP contribution in [0.5, 0.6) is 0 Å². The highest BCUT2D eigenvalue weighted by molar-refractivity contribution is 5.17. The molecule has 2 aromatic heterocycles. The minimum atomic E-state index is 0.284. The quantitative estimate of drug-likeness (QED) is 0.872. The Balaban J connectivity index is 2.02. The molecular formula is C14H17N3.